The predicted molar refractivity (Wildman–Crippen MR) is 119 cm³/mol. The number of hydrogen-bond acceptors (Lipinski definition) is 2. The van der Waals surface area contributed by atoms with E-state index in [0.717, 1.165) is 11.3 Å². The Morgan fingerprint density at radius 3 is 2.52 bits per heavy atom. The average molecular weight is 484 g/mol. The highest BCUT2D eigenvalue weighted by molar-refractivity contribution is 14.0. The van der Waals surface area contributed by atoms with Gasteiger partial charge in [-0.3, -0.25) is 4.79 Å². The molecule has 0 saturated carbocycles. The maximum atomic E-state index is 13.8. The number of halogens is 2. The molecule has 1 amide bonds. The van der Waals surface area contributed by atoms with Gasteiger partial charge in [0.2, 0.25) is 5.91 Å². The molecule has 0 heterocycles. The van der Waals surface area contributed by atoms with Crippen LogP contribution in [0.15, 0.2) is 53.5 Å². The molecule has 0 aliphatic rings. The van der Waals surface area contributed by atoms with Crippen molar-refractivity contribution in [2.75, 3.05) is 18.4 Å². The average Bonchev–Trinajstić information content (AvgIpc) is 2.63. The van der Waals surface area contributed by atoms with E-state index in [0.29, 0.717) is 18.1 Å². The molecule has 7 heteroatoms. The highest BCUT2D eigenvalue weighted by atomic mass is 127. The Bertz CT molecular complexity index is 768. The topological polar surface area (TPSA) is 65.5 Å². The Balaban J connectivity index is 0.00000364. The summed E-state index contributed by atoms with van der Waals surface area (Å²) < 4.78 is 13.8. The third-order valence-electron chi connectivity index (χ3n) is 3.83. The molecule has 27 heavy (non-hydrogen) atoms. The molecule has 0 bridgehead atoms. The van der Waals surface area contributed by atoms with E-state index in [1.54, 1.807) is 13.0 Å². The van der Waals surface area contributed by atoms with Crippen LogP contribution in [-0.4, -0.2) is 25.0 Å². The molecule has 0 radical (unpaired) electrons. The number of hydrogen-bond donors (Lipinski definition) is 3. The molecule has 0 fully saturated rings. The fourth-order valence-electron chi connectivity index (χ4n) is 2.36. The quantitative estimate of drug-likeness (QED) is 0.330. The molecule has 1 unspecified atom stereocenters. The Labute approximate surface area is 176 Å². The minimum absolute atomic E-state index is 0. The summed E-state index contributed by atoms with van der Waals surface area (Å²) in [5.41, 5.74) is 2.15. The van der Waals surface area contributed by atoms with E-state index in [4.69, 9.17) is 0 Å². The van der Waals surface area contributed by atoms with Crippen molar-refractivity contribution in [3.63, 3.8) is 0 Å². The largest absolute Gasteiger partial charge is 0.357 e. The Morgan fingerprint density at radius 1 is 1.19 bits per heavy atom. The van der Waals surface area contributed by atoms with Crippen LogP contribution in [0.5, 0.6) is 0 Å². The number of rotatable bonds is 6. The molecule has 0 aromatic heterocycles. The fraction of sp³-hybridized carbons (Fsp3) is 0.300. The fourth-order valence-corrected chi connectivity index (χ4v) is 2.36. The lowest BCUT2D eigenvalue weighted by atomic mass is 10.1. The van der Waals surface area contributed by atoms with Crippen molar-refractivity contribution < 1.29 is 9.18 Å². The van der Waals surface area contributed by atoms with Crippen LogP contribution in [-0.2, 0) is 4.79 Å². The maximum Gasteiger partial charge on any atom is 0.246 e. The number of aryl methyl sites for hydroxylation is 1. The van der Waals surface area contributed by atoms with Crippen LogP contribution in [0.1, 0.15) is 31.0 Å². The highest BCUT2D eigenvalue weighted by Crippen LogP contribution is 2.16. The number of nitrogens with zero attached hydrogens (tertiary/aromatic N) is 1. The van der Waals surface area contributed by atoms with Crippen LogP contribution in [0.2, 0.25) is 0 Å². The Kier molecular flexibility index (Phi) is 9.77. The molecule has 0 aliphatic heterocycles. The van der Waals surface area contributed by atoms with Crippen molar-refractivity contribution in [3.8, 4) is 0 Å². The summed E-state index contributed by atoms with van der Waals surface area (Å²) in [7, 11) is 0. The number of amides is 1. The number of carbonyl (C=O) groups excluding carboxylic acids is 1. The molecule has 5 nitrogen and oxygen atoms in total. The van der Waals surface area contributed by atoms with E-state index in [1.165, 1.54) is 6.07 Å². The summed E-state index contributed by atoms with van der Waals surface area (Å²) in [5.74, 6) is 0.0620. The van der Waals surface area contributed by atoms with E-state index >= 15 is 0 Å². The minimum Gasteiger partial charge on any atom is -0.357 e. The summed E-state index contributed by atoms with van der Waals surface area (Å²) in [5, 5.41) is 9.07. The summed E-state index contributed by atoms with van der Waals surface area (Å²) in [6.45, 7) is 6.23. The molecule has 2 aromatic rings. The highest BCUT2D eigenvalue weighted by Gasteiger charge is 2.10. The van der Waals surface area contributed by atoms with Gasteiger partial charge in [0, 0.05) is 12.2 Å². The second kappa shape index (κ2) is 11.5. The third-order valence-corrected chi connectivity index (χ3v) is 3.83. The van der Waals surface area contributed by atoms with E-state index in [2.05, 4.69) is 20.9 Å². The monoisotopic (exact) mass is 484 g/mol. The van der Waals surface area contributed by atoms with Gasteiger partial charge < -0.3 is 16.0 Å². The molecule has 0 spiro atoms. The molecule has 2 aromatic carbocycles. The zero-order valence-corrected chi connectivity index (χ0v) is 18.1. The van der Waals surface area contributed by atoms with Crippen LogP contribution in [0.25, 0.3) is 0 Å². The number of guanidine groups is 1. The first-order valence-electron chi connectivity index (χ1n) is 8.65. The minimum atomic E-state index is -0.236. The normalized spacial score (nSPS) is 11.9. The van der Waals surface area contributed by atoms with E-state index in [1.807, 2.05) is 50.2 Å². The Morgan fingerprint density at radius 2 is 1.89 bits per heavy atom. The van der Waals surface area contributed by atoms with Crippen molar-refractivity contribution in [2.24, 2.45) is 4.99 Å². The maximum absolute atomic E-state index is 13.8. The smallest absolute Gasteiger partial charge is 0.246 e. The molecule has 1 atom stereocenters. The van der Waals surface area contributed by atoms with Crippen molar-refractivity contribution in [1.29, 1.82) is 0 Å². The van der Waals surface area contributed by atoms with Crippen molar-refractivity contribution in [2.45, 2.75) is 26.8 Å². The standard InChI is InChI=1S/C20H25FN4O.HI/c1-4-22-20(23-13-19(26)25-17-8-6-5-7-9-17)24-15(3)16-11-10-14(2)18(21)12-16;/h5-12,15H,4,13H2,1-3H3,(H,25,26)(H2,22,23,24);1H. The van der Waals surface area contributed by atoms with E-state index < -0.39 is 0 Å². The van der Waals surface area contributed by atoms with Crippen LogP contribution in [0.4, 0.5) is 10.1 Å². The Hall–Kier alpha value is -2.16. The number of benzene rings is 2. The van der Waals surface area contributed by atoms with Crippen LogP contribution < -0.4 is 16.0 Å². The summed E-state index contributed by atoms with van der Waals surface area (Å²) in [6, 6.07) is 14.2. The molecule has 2 rings (SSSR count). The SMILES string of the molecule is CCNC(=NCC(=O)Nc1ccccc1)NC(C)c1ccc(C)c(F)c1.I. The number of carbonyl (C=O) groups is 1. The lowest BCUT2D eigenvalue weighted by molar-refractivity contribution is -0.114. The van der Waals surface area contributed by atoms with Crippen molar-refractivity contribution in [3.05, 3.63) is 65.5 Å². The van der Waals surface area contributed by atoms with Gasteiger partial charge in [0.25, 0.3) is 0 Å². The summed E-state index contributed by atoms with van der Waals surface area (Å²) >= 11 is 0. The van der Waals surface area contributed by atoms with Gasteiger partial charge in [-0.15, -0.1) is 24.0 Å². The van der Waals surface area contributed by atoms with Crippen LogP contribution in [0.3, 0.4) is 0 Å². The molecule has 146 valence electrons. The van der Waals surface area contributed by atoms with Gasteiger partial charge >= 0.3 is 0 Å². The first-order chi connectivity index (χ1) is 12.5. The van der Waals surface area contributed by atoms with Gasteiger partial charge in [-0.2, -0.15) is 0 Å². The molecular weight excluding hydrogens is 458 g/mol. The molecular formula is C20H26FIN4O. The molecule has 0 aliphatic carbocycles. The lowest BCUT2D eigenvalue weighted by Gasteiger charge is -2.18. The molecule has 0 saturated heterocycles. The van der Waals surface area contributed by atoms with Gasteiger partial charge in [-0.1, -0.05) is 30.3 Å². The van der Waals surface area contributed by atoms with Gasteiger partial charge in [0.15, 0.2) is 5.96 Å². The zero-order valence-electron chi connectivity index (χ0n) is 15.8. The van der Waals surface area contributed by atoms with Crippen LogP contribution in [0, 0.1) is 12.7 Å². The van der Waals surface area contributed by atoms with Crippen molar-refractivity contribution in [1.82, 2.24) is 10.6 Å². The second-order valence-corrected chi connectivity index (χ2v) is 5.98. The van der Waals surface area contributed by atoms with Crippen molar-refractivity contribution >= 4 is 41.5 Å². The summed E-state index contributed by atoms with van der Waals surface area (Å²) in [6.07, 6.45) is 0. The van der Waals surface area contributed by atoms with Gasteiger partial charge in [-0.05, 0) is 50.1 Å². The number of nitrogens with one attached hydrogen (secondary N) is 3. The summed E-state index contributed by atoms with van der Waals surface area (Å²) in [4.78, 5) is 16.3. The van der Waals surface area contributed by atoms with Gasteiger partial charge in [0.1, 0.15) is 12.4 Å². The van der Waals surface area contributed by atoms with Gasteiger partial charge in [0.05, 0.1) is 6.04 Å². The molecule has 3 N–H and O–H groups in total. The van der Waals surface area contributed by atoms with E-state index in [9.17, 15) is 9.18 Å². The van der Waals surface area contributed by atoms with Gasteiger partial charge in [-0.25, -0.2) is 9.38 Å². The van der Waals surface area contributed by atoms with E-state index in [-0.39, 0.29) is 48.3 Å². The zero-order chi connectivity index (χ0) is 18.9. The number of aliphatic imine (C=N–C) groups is 1. The second-order valence-electron chi connectivity index (χ2n) is 5.98. The third kappa shape index (κ3) is 7.54. The number of para-hydroxylation sites is 1. The predicted octanol–water partition coefficient (Wildman–Crippen LogP) is 4.01. The number of anilines is 1. The first kappa shape index (κ1) is 22.9. The first-order valence-corrected chi connectivity index (χ1v) is 8.65. The van der Waals surface area contributed by atoms with Crippen LogP contribution >= 0.6 is 24.0 Å². The lowest BCUT2D eigenvalue weighted by Crippen LogP contribution is -2.39.